The standard InChI is InChI=1S/C18H30N2O4/c1-4-7-14(12(3)21)19-11(2)17(22)20-15-9-6-5-8-13(15)10-16(20)18(23)24/h11,13-16,19H,4-10H2,1-3H3,(H,23,24)/t11-,13?,14+,15?,16+/m1/s1. The lowest BCUT2D eigenvalue weighted by Crippen LogP contribution is -2.55. The van der Waals surface area contributed by atoms with Gasteiger partial charge < -0.3 is 10.0 Å². The van der Waals surface area contributed by atoms with Gasteiger partial charge in [-0.05, 0) is 45.4 Å². The molecule has 0 aromatic carbocycles. The van der Waals surface area contributed by atoms with E-state index in [9.17, 15) is 19.5 Å². The van der Waals surface area contributed by atoms with Crippen LogP contribution in [-0.2, 0) is 14.4 Å². The molecule has 24 heavy (non-hydrogen) atoms. The SMILES string of the molecule is CCC[C@H](N[C@H](C)C(=O)N1C2CCCCC2C[C@H]1C(=O)O)C(C)=O. The number of amides is 1. The monoisotopic (exact) mass is 338 g/mol. The Labute approximate surface area is 144 Å². The van der Waals surface area contributed by atoms with Gasteiger partial charge in [0.2, 0.25) is 5.91 Å². The Kier molecular flexibility index (Phi) is 6.38. The van der Waals surface area contributed by atoms with Crippen LogP contribution in [0.5, 0.6) is 0 Å². The van der Waals surface area contributed by atoms with Crippen LogP contribution in [0.4, 0.5) is 0 Å². The summed E-state index contributed by atoms with van der Waals surface area (Å²) in [5.74, 6) is -0.778. The Morgan fingerprint density at radius 1 is 1.25 bits per heavy atom. The van der Waals surface area contributed by atoms with Gasteiger partial charge in [0.25, 0.3) is 0 Å². The van der Waals surface area contributed by atoms with Crippen LogP contribution < -0.4 is 5.32 Å². The zero-order valence-electron chi connectivity index (χ0n) is 15.0. The average molecular weight is 338 g/mol. The molecule has 0 aromatic rings. The Morgan fingerprint density at radius 2 is 1.92 bits per heavy atom. The van der Waals surface area contributed by atoms with Gasteiger partial charge in [-0.25, -0.2) is 4.79 Å². The summed E-state index contributed by atoms with van der Waals surface area (Å²) in [4.78, 5) is 37.9. The van der Waals surface area contributed by atoms with Crippen molar-refractivity contribution < 1.29 is 19.5 Å². The lowest BCUT2D eigenvalue weighted by molar-refractivity contribution is -0.150. The Balaban J connectivity index is 2.12. The van der Waals surface area contributed by atoms with E-state index < -0.39 is 18.1 Å². The normalized spacial score (nSPS) is 29.0. The fraction of sp³-hybridized carbons (Fsp3) is 0.833. The van der Waals surface area contributed by atoms with Crippen LogP contribution >= 0.6 is 0 Å². The quantitative estimate of drug-likeness (QED) is 0.741. The van der Waals surface area contributed by atoms with Crippen molar-refractivity contribution in [2.45, 2.75) is 89.9 Å². The van der Waals surface area contributed by atoms with E-state index >= 15 is 0 Å². The molecule has 2 N–H and O–H groups in total. The third kappa shape index (κ3) is 3.97. The zero-order valence-corrected chi connectivity index (χ0v) is 15.0. The number of fused-ring (bicyclic) bond motifs is 1. The summed E-state index contributed by atoms with van der Waals surface area (Å²) in [7, 11) is 0. The minimum absolute atomic E-state index is 0.0169. The number of carbonyl (C=O) groups excluding carboxylic acids is 2. The molecule has 1 saturated carbocycles. The number of carboxylic acid groups (broad SMARTS) is 1. The third-order valence-corrected chi connectivity index (χ3v) is 5.52. The molecule has 2 aliphatic rings. The molecule has 0 radical (unpaired) electrons. The number of ketones is 1. The molecule has 1 aliphatic carbocycles. The molecule has 1 saturated heterocycles. The second-order valence-corrected chi connectivity index (χ2v) is 7.29. The Bertz CT molecular complexity index is 493. The molecule has 136 valence electrons. The average Bonchev–Trinajstić information content (AvgIpc) is 2.93. The van der Waals surface area contributed by atoms with Crippen LogP contribution in [0.15, 0.2) is 0 Å². The van der Waals surface area contributed by atoms with E-state index in [0.717, 1.165) is 32.1 Å². The van der Waals surface area contributed by atoms with Gasteiger partial charge in [0.1, 0.15) is 11.8 Å². The molecular weight excluding hydrogens is 308 g/mol. The smallest absolute Gasteiger partial charge is 0.326 e. The minimum Gasteiger partial charge on any atom is -0.480 e. The van der Waals surface area contributed by atoms with E-state index in [-0.39, 0.29) is 23.8 Å². The van der Waals surface area contributed by atoms with Crippen LogP contribution in [0.3, 0.4) is 0 Å². The summed E-state index contributed by atoms with van der Waals surface area (Å²) >= 11 is 0. The van der Waals surface area contributed by atoms with Gasteiger partial charge in [-0.3, -0.25) is 14.9 Å². The summed E-state index contributed by atoms with van der Waals surface area (Å²) in [5, 5.41) is 12.7. The highest BCUT2D eigenvalue weighted by Crippen LogP contribution is 2.40. The van der Waals surface area contributed by atoms with Crippen molar-refractivity contribution in [3.8, 4) is 0 Å². The summed E-state index contributed by atoms with van der Waals surface area (Å²) in [5.41, 5.74) is 0. The van der Waals surface area contributed by atoms with Crippen LogP contribution in [0.25, 0.3) is 0 Å². The third-order valence-electron chi connectivity index (χ3n) is 5.52. The largest absolute Gasteiger partial charge is 0.480 e. The molecule has 2 fully saturated rings. The molecule has 5 atom stereocenters. The van der Waals surface area contributed by atoms with Crippen LogP contribution in [0.2, 0.25) is 0 Å². The summed E-state index contributed by atoms with van der Waals surface area (Å²) < 4.78 is 0. The molecule has 2 rings (SSSR count). The van der Waals surface area contributed by atoms with E-state index in [1.807, 2.05) is 6.92 Å². The number of hydrogen-bond acceptors (Lipinski definition) is 4. The highest BCUT2D eigenvalue weighted by atomic mass is 16.4. The molecule has 6 nitrogen and oxygen atoms in total. The highest BCUT2D eigenvalue weighted by Gasteiger charge is 2.48. The van der Waals surface area contributed by atoms with Crippen molar-refractivity contribution in [1.29, 1.82) is 0 Å². The predicted octanol–water partition coefficient (Wildman–Crippen LogP) is 1.97. The first-order valence-electron chi connectivity index (χ1n) is 9.18. The predicted molar refractivity (Wildman–Crippen MR) is 90.6 cm³/mol. The van der Waals surface area contributed by atoms with Crippen LogP contribution in [0, 0.1) is 5.92 Å². The number of Topliss-reactive ketones (excluding diaryl/α,β-unsaturated/α-hetero) is 1. The van der Waals surface area contributed by atoms with E-state index in [0.29, 0.717) is 18.8 Å². The van der Waals surface area contributed by atoms with Gasteiger partial charge >= 0.3 is 5.97 Å². The van der Waals surface area contributed by atoms with Gasteiger partial charge in [-0.2, -0.15) is 0 Å². The van der Waals surface area contributed by atoms with Gasteiger partial charge in [0, 0.05) is 6.04 Å². The number of nitrogens with zero attached hydrogens (tertiary/aromatic N) is 1. The van der Waals surface area contributed by atoms with Crippen molar-refractivity contribution in [2.24, 2.45) is 5.92 Å². The molecule has 6 heteroatoms. The Hall–Kier alpha value is -1.43. The van der Waals surface area contributed by atoms with Gasteiger partial charge in [0.15, 0.2) is 0 Å². The number of nitrogens with one attached hydrogen (secondary N) is 1. The summed E-state index contributed by atoms with van der Waals surface area (Å²) in [6.07, 6.45) is 6.15. The molecule has 0 spiro atoms. The maximum atomic E-state index is 13.0. The van der Waals surface area contributed by atoms with Crippen LogP contribution in [-0.4, -0.2) is 51.8 Å². The number of hydrogen-bond donors (Lipinski definition) is 2. The van der Waals surface area contributed by atoms with Crippen molar-refractivity contribution >= 4 is 17.7 Å². The molecular formula is C18H30N2O4. The fourth-order valence-corrected chi connectivity index (χ4v) is 4.29. The molecule has 2 unspecified atom stereocenters. The first kappa shape index (κ1) is 18.9. The highest BCUT2D eigenvalue weighted by molar-refractivity contribution is 5.89. The van der Waals surface area contributed by atoms with Gasteiger partial charge in [-0.15, -0.1) is 0 Å². The Morgan fingerprint density at radius 3 is 2.50 bits per heavy atom. The second kappa shape index (κ2) is 8.10. The number of rotatable bonds is 7. The van der Waals surface area contributed by atoms with Crippen molar-refractivity contribution in [3.63, 3.8) is 0 Å². The topological polar surface area (TPSA) is 86.7 Å². The second-order valence-electron chi connectivity index (χ2n) is 7.29. The maximum absolute atomic E-state index is 13.0. The van der Waals surface area contributed by atoms with Crippen molar-refractivity contribution in [3.05, 3.63) is 0 Å². The van der Waals surface area contributed by atoms with Gasteiger partial charge in [-0.1, -0.05) is 26.2 Å². The van der Waals surface area contributed by atoms with Gasteiger partial charge in [0.05, 0.1) is 12.1 Å². The zero-order chi connectivity index (χ0) is 17.9. The van der Waals surface area contributed by atoms with Crippen LogP contribution in [0.1, 0.15) is 65.7 Å². The lowest BCUT2D eigenvalue weighted by Gasteiger charge is -2.35. The lowest BCUT2D eigenvalue weighted by atomic mass is 9.84. The minimum atomic E-state index is -0.915. The fourth-order valence-electron chi connectivity index (χ4n) is 4.29. The number of carbonyl (C=O) groups is 3. The number of aliphatic carboxylic acids is 1. The summed E-state index contributed by atoms with van der Waals surface area (Å²) in [6.45, 7) is 5.26. The molecule has 1 amide bonds. The maximum Gasteiger partial charge on any atom is 0.326 e. The first-order valence-corrected chi connectivity index (χ1v) is 9.18. The molecule has 1 aliphatic heterocycles. The van der Waals surface area contributed by atoms with Crippen molar-refractivity contribution in [1.82, 2.24) is 10.2 Å². The summed E-state index contributed by atoms with van der Waals surface area (Å²) in [6, 6.07) is -1.58. The van der Waals surface area contributed by atoms with E-state index in [1.54, 1.807) is 11.8 Å². The van der Waals surface area contributed by atoms with E-state index in [2.05, 4.69) is 5.32 Å². The first-order chi connectivity index (χ1) is 11.4. The number of likely N-dealkylation sites (tertiary alicyclic amines) is 1. The van der Waals surface area contributed by atoms with E-state index in [1.165, 1.54) is 6.92 Å². The molecule has 0 aromatic heterocycles. The molecule has 0 bridgehead atoms. The van der Waals surface area contributed by atoms with Crippen molar-refractivity contribution in [2.75, 3.05) is 0 Å². The number of carboxylic acids is 1. The molecule has 1 heterocycles. The van der Waals surface area contributed by atoms with E-state index in [4.69, 9.17) is 0 Å².